The molecule has 3 aromatic heterocycles. The van der Waals surface area contributed by atoms with Gasteiger partial charge in [0.2, 0.25) is 5.88 Å². The maximum atomic E-state index is 12.5. The Morgan fingerprint density at radius 1 is 1.00 bits per heavy atom. The van der Waals surface area contributed by atoms with Crippen LogP contribution in [0.2, 0.25) is 0 Å². The average Bonchev–Trinajstić information content (AvgIpc) is 3.46. The van der Waals surface area contributed by atoms with E-state index in [4.69, 9.17) is 4.74 Å². The molecule has 0 saturated heterocycles. The highest BCUT2D eigenvalue weighted by Gasteiger charge is 2.12. The highest BCUT2D eigenvalue weighted by Crippen LogP contribution is 2.24. The molecule has 9 heteroatoms. The lowest BCUT2D eigenvalue weighted by Crippen LogP contribution is -2.11. The summed E-state index contributed by atoms with van der Waals surface area (Å²) in [7, 11) is 0. The number of rotatable bonds is 5. The van der Waals surface area contributed by atoms with Crippen molar-refractivity contribution in [2.75, 3.05) is 5.32 Å². The molecule has 0 bridgehead atoms. The van der Waals surface area contributed by atoms with Crippen LogP contribution in [-0.4, -0.2) is 30.6 Å². The van der Waals surface area contributed by atoms with Crippen molar-refractivity contribution in [3.63, 3.8) is 0 Å². The Bertz CT molecular complexity index is 1260. The molecule has 5 aromatic rings. The van der Waals surface area contributed by atoms with Crippen LogP contribution in [0.15, 0.2) is 79.4 Å². The highest BCUT2D eigenvalue weighted by atomic mass is 32.1. The standard InChI is InChI=1S/C21H14N6O2S/c28-20(21-24-16-3-1-2-4-17(16)30-21)23-14-5-7-15(8-6-14)29-19-10-9-18(25-26-19)27-12-11-22-13-27/h1-13H,(H,23,28). The minimum absolute atomic E-state index is 0.245. The van der Waals surface area contributed by atoms with Crippen molar-refractivity contribution in [2.45, 2.75) is 0 Å². The van der Waals surface area contributed by atoms with Crippen molar-refractivity contribution >= 4 is 33.1 Å². The lowest BCUT2D eigenvalue weighted by atomic mass is 10.3. The number of nitrogens with one attached hydrogen (secondary N) is 1. The summed E-state index contributed by atoms with van der Waals surface area (Å²) in [5, 5.41) is 11.4. The number of benzene rings is 2. The monoisotopic (exact) mass is 414 g/mol. The summed E-state index contributed by atoms with van der Waals surface area (Å²) >= 11 is 1.36. The first-order valence-electron chi connectivity index (χ1n) is 9.01. The van der Waals surface area contributed by atoms with Gasteiger partial charge < -0.3 is 10.1 Å². The number of amides is 1. The molecule has 0 fully saturated rings. The van der Waals surface area contributed by atoms with Crippen LogP contribution >= 0.6 is 11.3 Å². The molecule has 0 unspecified atom stereocenters. The fraction of sp³-hybridized carbons (Fsp3) is 0. The van der Waals surface area contributed by atoms with E-state index in [0.717, 1.165) is 10.2 Å². The first-order valence-corrected chi connectivity index (χ1v) is 9.83. The SMILES string of the molecule is O=C(Nc1ccc(Oc2ccc(-n3ccnc3)nn2)cc1)c1nc2ccccc2s1. The first-order chi connectivity index (χ1) is 14.7. The third-order valence-electron chi connectivity index (χ3n) is 4.22. The molecule has 0 aliphatic rings. The fourth-order valence-corrected chi connectivity index (χ4v) is 3.64. The van der Waals surface area contributed by atoms with Gasteiger partial charge in [-0.15, -0.1) is 21.5 Å². The van der Waals surface area contributed by atoms with Gasteiger partial charge in [-0.2, -0.15) is 0 Å². The molecule has 0 atom stereocenters. The lowest BCUT2D eigenvalue weighted by molar-refractivity contribution is 0.102. The molecular weight excluding hydrogens is 400 g/mol. The Labute approximate surface area is 174 Å². The maximum absolute atomic E-state index is 12.5. The van der Waals surface area contributed by atoms with Crippen LogP contribution < -0.4 is 10.1 Å². The molecule has 0 saturated carbocycles. The summed E-state index contributed by atoms with van der Waals surface area (Å²) in [6, 6.07) is 18.2. The Morgan fingerprint density at radius 3 is 2.60 bits per heavy atom. The fourth-order valence-electron chi connectivity index (χ4n) is 2.78. The molecule has 3 heterocycles. The minimum Gasteiger partial charge on any atom is -0.438 e. The van der Waals surface area contributed by atoms with E-state index in [1.165, 1.54) is 11.3 Å². The second-order valence-corrected chi connectivity index (χ2v) is 7.30. The number of imidazole rings is 1. The lowest BCUT2D eigenvalue weighted by Gasteiger charge is -2.07. The summed E-state index contributed by atoms with van der Waals surface area (Å²) < 4.78 is 8.44. The van der Waals surface area contributed by atoms with E-state index in [9.17, 15) is 4.79 Å². The second-order valence-electron chi connectivity index (χ2n) is 6.27. The van der Waals surface area contributed by atoms with E-state index >= 15 is 0 Å². The Kier molecular flexibility index (Phi) is 4.62. The summed E-state index contributed by atoms with van der Waals surface area (Å²) in [6.07, 6.45) is 5.10. The van der Waals surface area contributed by atoms with E-state index < -0.39 is 0 Å². The number of nitrogens with zero attached hydrogens (tertiary/aromatic N) is 5. The number of ether oxygens (including phenoxy) is 1. The van der Waals surface area contributed by atoms with Crippen molar-refractivity contribution < 1.29 is 9.53 Å². The molecular formula is C21H14N6O2S. The van der Waals surface area contributed by atoms with E-state index in [-0.39, 0.29) is 5.91 Å². The number of carbonyl (C=O) groups excluding carboxylic acids is 1. The molecule has 0 spiro atoms. The zero-order chi connectivity index (χ0) is 20.3. The zero-order valence-corrected chi connectivity index (χ0v) is 16.3. The second kappa shape index (κ2) is 7.72. The van der Waals surface area contributed by atoms with Gasteiger partial charge in [-0.05, 0) is 42.5 Å². The van der Waals surface area contributed by atoms with Gasteiger partial charge in [0.15, 0.2) is 10.8 Å². The zero-order valence-electron chi connectivity index (χ0n) is 15.5. The molecule has 8 nitrogen and oxygen atoms in total. The van der Waals surface area contributed by atoms with Crippen molar-refractivity contribution in [3.8, 4) is 17.4 Å². The topological polar surface area (TPSA) is 94.8 Å². The summed E-state index contributed by atoms with van der Waals surface area (Å²) in [4.78, 5) is 20.8. The van der Waals surface area contributed by atoms with Gasteiger partial charge in [-0.25, -0.2) is 9.97 Å². The predicted octanol–water partition coefficient (Wildman–Crippen LogP) is 4.32. The van der Waals surface area contributed by atoms with Crippen LogP contribution in [-0.2, 0) is 0 Å². The maximum Gasteiger partial charge on any atom is 0.284 e. The smallest absolute Gasteiger partial charge is 0.284 e. The first kappa shape index (κ1) is 18.0. The van der Waals surface area contributed by atoms with Crippen LogP contribution in [0.25, 0.3) is 16.0 Å². The molecule has 0 radical (unpaired) electrons. The molecule has 2 aromatic carbocycles. The minimum atomic E-state index is -0.245. The van der Waals surface area contributed by atoms with E-state index in [0.29, 0.717) is 28.1 Å². The summed E-state index contributed by atoms with van der Waals surface area (Å²) in [6.45, 7) is 0. The third-order valence-corrected chi connectivity index (χ3v) is 5.25. The summed E-state index contributed by atoms with van der Waals surface area (Å²) in [5.74, 6) is 1.35. The van der Waals surface area contributed by atoms with Crippen LogP contribution in [0.5, 0.6) is 11.6 Å². The summed E-state index contributed by atoms with van der Waals surface area (Å²) in [5.41, 5.74) is 1.46. The quantitative estimate of drug-likeness (QED) is 0.460. The van der Waals surface area contributed by atoms with Gasteiger partial charge in [0.25, 0.3) is 5.91 Å². The van der Waals surface area contributed by atoms with Crippen LogP contribution in [0.4, 0.5) is 5.69 Å². The molecule has 1 amide bonds. The normalized spacial score (nSPS) is 10.8. The van der Waals surface area contributed by atoms with Crippen LogP contribution in [0.1, 0.15) is 9.80 Å². The van der Waals surface area contributed by atoms with Crippen molar-refractivity contribution in [1.29, 1.82) is 0 Å². The highest BCUT2D eigenvalue weighted by molar-refractivity contribution is 7.20. The molecule has 5 rings (SSSR count). The molecule has 30 heavy (non-hydrogen) atoms. The van der Waals surface area contributed by atoms with Crippen molar-refractivity contribution in [3.05, 3.63) is 84.4 Å². The van der Waals surface area contributed by atoms with Crippen LogP contribution in [0, 0.1) is 0 Å². The van der Waals surface area contributed by atoms with E-state index in [1.54, 1.807) is 59.7 Å². The molecule has 0 aliphatic heterocycles. The number of para-hydroxylation sites is 1. The number of hydrogen-bond donors (Lipinski definition) is 1. The third kappa shape index (κ3) is 3.74. The largest absolute Gasteiger partial charge is 0.438 e. The van der Waals surface area contributed by atoms with Gasteiger partial charge in [-0.1, -0.05) is 12.1 Å². The number of hydrogen-bond acceptors (Lipinski definition) is 7. The van der Waals surface area contributed by atoms with Crippen LogP contribution in [0.3, 0.4) is 0 Å². The van der Waals surface area contributed by atoms with Crippen molar-refractivity contribution in [2.24, 2.45) is 0 Å². The molecule has 146 valence electrons. The van der Waals surface area contributed by atoms with Crippen molar-refractivity contribution in [1.82, 2.24) is 24.7 Å². The molecule has 1 N–H and O–H groups in total. The van der Waals surface area contributed by atoms with E-state index in [2.05, 4.69) is 25.5 Å². The Balaban J connectivity index is 1.24. The Hall–Kier alpha value is -4.11. The number of aromatic nitrogens is 5. The van der Waals surface area contributed by atoms with Gasteiger partial charge in [-0.3, -0.25) is 9.36 Å². The average molecular weight is 414 g/mol. The number of thiazole rings is 1. The van der Waals surface area contributed by atoms with Gasteiger partial charge in [0, 0.05) is 24.1 Å². The van der Waals surface area contributed by atoms with Gasteiger partial charge in [0.05, 0.1) is 10.2 Å². The van der Waals surface area contributed by atoms with E-state index in [1.807, 2.05) is 24.3 Å². The Morgan fingerprint density at radius 2 is 1.87 bits per heavy atom. The number of fused-ring (bicyclic) bond motifs is 1. The van der Waals surface area contributed by atoms with Gasteiger partial charge >= 0.3 is 0 Å². The predicted molar refractivity (Wildman–Crippen MR) is 113 cm³/mol. The number of carbonyl (C=O) groups is 1. The number of anilines is 1. The molecule has 0 aliphatic carbocycles. The van der Waals surface area contributed by atoms with Gasteiger partial charge in [0.1, 0.15) is 12.1 Å².